The summed E-state index contributed by atoms with van der Waals surface area (Å²) in [5, 5.41) is 12.2. The standard InChI is InChI=1S/C28H26N2O5/c1-28(26(32)33)14-15-30(17-28)25(31)22-12-6-7-13-24(22)29-27(34)35-16-23-20-10-4-2-8-18(20)19-9-3-5-11-21(19)23/h2-13,23H,14-17H2,1H3,(H,29,34)(H,32,33). The number of ether oxygens (including phenoxy) is 1. The highest BCUT2D eigenvalue weighted by Gasteiger charge is 2.42. The summed E-state index contributed by atoms with van der Waals surface area (Å²) < 4.78 is 5.62. The number of carbonyl (C=O) groups is 3. The fraction of sp³-hybridized carbons (Fsp3) is 0.250. The van der Waals surface area contributed by atoms with Gasteiger partial charge in [-0.05, 0) is 47.7 Å². The third-order valence-corrected chi connectivity index (χ3v) is 7.01. The summed E-state index contributed by atoms with van der Waals surface area (Å²) in [5.41, 5.74) is 4.19. The van der Waals surface area contributed by atoms with Crippen molar-refractivity contribution in [3.8, 4) is 11.1 Å². The molecule has 7 heteroatoms. The Kier molecular flexibility index (Phi) is 5.76. The van der Waals surface area contributed by atoms with Gasteiger partial charge in [0.15, 0.2) is 0 Å². The average Bonchev–Trinajstić information content (AvgIpc) is 3.42. The van der Waals surface area contributed by atoms with Gasteiger partial charge in [0.1, 0.15) is 6.61 Å². The average molecular weight is 471 g/mol. The molecule has 1 aliphatic carbocycles. The third kappa shape index (κ3) is 4.14. The number of likely N-dealkylation sites (tertiary alicyclic amines) is 1. The van der Waals surface area contributed by atoms with Gasteiger partial charge in [-0.15, -0.1) is 0 Å². The number of benzene rings is 3. The van der Waals surface area contributed by atoms with E-state index in [1.165, 1.54) is 4.90 Å². The number of anilines is 1. The van der Waals surface area contributed by atoms with Crippen LogP contribution < -0.4 is 5.32 Å². The van der Waals surface area contributed by atoms with Gasteiger partial charge >= 0.3 is 12.1 Å². The molecule has 35 heavy (non-hydrogen) atoms. The first-order chi connectivity index (χ1) is 16.9. The molecule has 0 saturated carbocycles. The van der Waals surface area contributed by atoms with Gasteiger partial charge in [0.05, 0.1) is 16.7 Å². The maximum atomic E-state index is 13.1. The maximum absolute atomic E-state index is 13.1. The summed E-state index contributed by atoms with van der Waals surface area (Å²) in [5.74, 6) is -1.30. The topological polar surface area (TPSA) is 95.9 Å². The molecule has 3 aromatic rings. The Morgan fingerprint density at radius 1 is 0.971 bits per heavy atom. The lowest BCUT2D eigenvalue weighted by Gasteiger charge is -2.21. The fourth-order valence-electron chi connectivity index (χ4n) is 5.00. The van der Waals surface area contributed by atoms with E-state index >= 15 is 0 Å². The summed E-state index contributed by atoms with van der Waals surface area (Å²) >= 11 is 0. The van der Waals surface area contributed by atoms with Crippen LogP contribution in [0.1, 0.15) is 40.7 Å². The molecule has 1 aliphatic heterocycles. The molecule has 7 nitrogen and oxygen atoms in total. The summed E-state index contributed by atoms with van der Waals surface area (Å²) in [4.78, 5) is 39.0. The summed E-state index contributed by atoms with van der Waals surface area (Å²) in [6.45, 7) is 2.28. The molecule has 1 unspecified atom stereocenters. The zero-order valence-corrected chi connectivity index (χ0v) is 19.4. The molecule has 3 aromatic carbocycles. The predicted molar refractivity (Wildman–Crippen MR) is 131 cm³/mol. The summed E-state index contributed by atoms with van der Waals surface area (Å²) in [6, 6.07) is 22.9. The molecule has 0 aromatic heterocycles. The molecule has 2 N–H and O–H groups in total. The Labute approximate surface area is 203 Å². The smallest absolute Gasteiger partial charge is 0.411 e. The van der Waals surface area contributed by atoms with Gasteiger partial charge in [-0.2, -0.15) is 0 Å². The van der Waals surface area contributed by atoms with E-state index in [0.29, 0.717) is 24.2 Å². The largest absolute Gasteiger partial charge is 0.481 e. The van der Waals surface area contributed by atoms with E-state index in [1.54, 1.807) is 31.2 Å². The first kappa shape index (κ1) is 22.7. The van der Waals surface area contributed by atoms with E-state index < -0.39 is 17.5 Å². The van der Waals surface area contributed by atoms with Crippen LogP contribution in [0.25, 0.3) is 11.1 Å². The number of fused-ring (bicyclic) bond motifs is 3. The molecule has 0 bridgehead atoms. The monoisotopic (exact) mass is 470 g/mol. The van der Waals surface area contributed by atoms with Crippen molar-refractivity contribution in [1.29, 1.82) is 0 Å². The molecule has 0 spiro atoms. The molecule has 5 rings (SSSR count). The van der Waals surface area contributed by atoms with Crippen molar-refractivity contribution < 1.29 is 24.2 Å². The lowest BCUT2D eigenvalue weighted by atomic mass is 9.90. The van der Waals surface area contributed by atoms with Gasteiger partial charge < -0.3 is 14.7 Å². The zero-order chi connectivity index (χ0) is 24.6. The molecular formula is C28H26N2O5. The Morgan fingerprint density at radius 2 is 1.57 bits per heavy atom. The lowest BCUT2D eigenvalue weighted by molar-refractivity contribution is -0.147. The first-order valence-electron chi connectivity index (χ1n) is 11.6. The lowest BCUT2D eigenvalue weighted by Crippen LogP contribution is -2.35. The van der Waals surface area contributed by atoms with Gasteiger partial charge in [-0.1, -0.05) is 60.7 Å². The molecule has 1 atom stereocenters. The van der Waals surface area contributed by atoms with Crippen molar-refractivity contribution in [2.45, 2.75) is 19.3 Å². The van der Waals surface area contributed by atoms with Crippen LogP contribution in [0.4, 0.5) is 10.5 Å². The minimum atomic E-state index is -0.967. The van der Waals surface area contributed by atoms with E-state index in [-0.39, 0.29) is 25.0 Å². The van der Waals surface area contributed by atoms with Crippen LogP contribution in [0.5, 0.6) is 0 Å². The highest BCUT2D eigenvalue weighted by molar-refractivity contribution is 6.03. The van der Waals surface area contributed by atoms with Crippen molar-refractivity contribution in [2.24, 2.45) is 5.41 Å². The number of nitrogens with zero attached hydrogens (tertiary/aromatic N) is 1. The maximum Gasteiger partial charge on any atom is 0.411 e. The molecule has 1 heterocycles. The minimum Gasteiger partial charge on any atom is -0.481 e. The van der Waals surface area contributed by atoms with Crippen LogP contribution in [-0.4, -0.2) is 47.7 Å². The number of nitrogens with one attached hydrogen (secondary N) is 1. The van der Waals surface area contributed by atoms with Crippen molar-refractivity contribution in [3.05, 3.63) is 89.5 Å². The van der Waals surface area contributed by atoms with Crippen LogP contribution >= 0.6 is 0 Å². The Morgan fingerprint density at radius 3 is 2.20 bits per heavy atom. The van der Waals surface area contributed by atoms with Crippen LogP contribution in [-0.2, 0) is 9.53 Å². The van der Waals surface area contributed by atoms with Gasteiger partial charge in [0.2, 0.25) is 0 Å². The number of carbonyl (C=O) groups excluding carboxylic acids is 2. The summed E-state index contributed by atoms with van der Waals surface area (Å²) in [6.07, 6.45) is -0.264. The second-order valence-electron chi connectivity index (χ2n) is 9.34. The summed E-state index contributed by atoms with van der Waals surface area (Å²) in [7, 11) is 0. The van der Waals surface area contributed by atoms with E-state index in [4.69, 9.17) is 4.74 Å². The molecule has 1 saturated heterocycles. The van der Waals surface area contributed by atoms with Crippen LogP contribution in [0.15, 0.2) is 72.8 Å². The van der Waals surface area contributed by atoms with Crippen molar-refractivity contribution in [3.63, 3.8) is 0 Å². The normalized spacial score (nSPS) is 18.6. The number of rotatable bonds is 5. The first-order valence-corrected chi connectivity index (χ1v) is 11.6. The fourth-order valence-corrected chi connectivity index (χ4v) is 5.00. The molecule has 2 amide bonds. The van der Waals surface area contributed by atoms with Gasteiger partial charge in [-0.25, -0.2) is 4.79 Å². The van der Waals surface area contributed by atoms with E-state index in [1.807, 2.05) is 24.3 Å². The number of carboxylic acid groups (broad SMARTS) is 1. The molecule has 2 aliphatic rings. The Balaban J connectivity index is 1.28. The number of amides is 2. The van der Waals surface area contributed by atoms with Crippen LogP contribution in [0.3, 0.4) is 0 Å². The van der Waals surface area contributed by atoms with Crippen LogP contribution in [0.2, 0.25) is 0 Å². The minimum absolute atomic E-state index is 0.0664. The zero-order valence-electron chi connectivity index (χ0n) is 19.4. The quantitative estimate of drug-likeness (QED) is 0.548. The highest BCUT2D eigenvalue weighted by atomic mass is 16.5. The Bertz CT molecular complexity index is 1270. The SMILES string of the molecule is CC1(C(=O)O)CCN(C(=O)c2ccccc2NC(=O)OCC2c3ccccc3-c3ccccc32)C1. The predicted octanol–water partition coefficient (Wildman–Crippen LogP) is 4.98. The highest BCUT2D eigenvalue weighted by Crippen LogP contribution is 2.44. The van der Waals surface area contributed by atoms with Crippen molar-refractivity contribution >= 4 is 23.7 Å². The van der Waals surface area contributed by atoms with E-state index in [0.717, 1.165) is 22.3 Å². The number of aliphatic carboxylic acids is 1. The molecule has 0 radical (unpaired) electrons. The molecular weight excluding hydrogens is 444 g/mol. The molecule has 178 valence electrons. The second kappa shape index (κ2) is 8.91. The Hall–Kier alpha value is -4.13. The third-order valence-electron chi connectivity index (χ3n) is 7.01. The number of para-hydroxylation sites is 1. The van der Waals surface area contributed by atoms with Gasteiger partial charge in [0, 0.05) is 19.0 Å². The van der Waals surface area contributed by atoms with E-state index in [2.05, 4.69) is 29.6 Å². The van der Waals surface area contributed by atoms with Crippen molar-refractivity contribution in [1.82, 2.24) is 4.90 Å². The number of hydrogen-bond donors (Lipinski definition) is 2. The van der Waals surface area contributed by atoms with Crippen molar-refractivity contribution in [2.75, 3.05) is 25.0 Å². The van der Waals surface area contributed by atoms with Gasteiger partial charge in [0.25, 0.3) is 5.91 Å². The number of hydrogen-bond acceptors (Lipinski definition) is 4. The van der Waals surface area contributed by atoms with E-state index in [9.17, 15) is 19.5 Å². The van der Waals surface area contributed by atoms with Gasteiger partial charge in [-0.3, -0.25) is 14.9 Å². The number of carboxylic acids is 1. The second-order valence-corrected chi connectivity index (χ2v) is 9.34. The molecule has 1 fully saturated rings. The van der Waals surface area contributed by atoms with Crippen LogP contribution in [0, 0.1) is 5.41 Å².